The third-order valence-corrected chi connectivity index (χ3v) is 5.97. The number of nitrogens with one attached hydrogen (secondary N) is 2. The highest BCUT2D eigenvalue weighted by molar-refractivity contribution is 7.80. The Bertz CT molecular complexity index is 1390. The number of ether oxygens (including phenoxy) is 2. The molecule has 4 rings (SSSR count). The van der Waals surface area contributed by atoms with Gasteiger partial charge in [-0.25, -0.2) is 4.98 Å². The summed E-state index contributed by atoms with van der Waals surface area (Å²) in [5, 5.41) is 8.09. The summed E-state index contributed by atoms with van der Waals surface area (Å²) in [6.45, 7) is 4.23. The standard InChI is InChI=1S/C25H21F3N4O2S2/c1-15(2)19-5-3-4-6-20(19)30-23(35)32-29-14-16-7-12-22-21(13-16)31-24(36-22)33-17-8-10-18(11-9-17)34-25(26,27)28/h3-15H,1-2H3,(H2,30,32,35)/b29-14+. The van der Waals surface area contributed by atoms with Gasteiger partial charge in [-0.1, -0.05) is 49.4 Å². The normalized spacial score (nSPS) is 11.7. The van der Waals surface area contributed by atoms with Crippen LogP contribution in [0.25, 0.3) is 10.2 Å². The molecule has 0 aliphatic rings. The van der Waals surface area contributed by atoms with Crippen molar-refractivity contribution in [3.8, 4) is 16.7 Å². The molecule has 0 radical (unpaired) electrons. The number of aromatic nitrogens is 1. The first-order valence-corrected chi connectivity index (χ1v) is 12.0. The second-order valence-electron chi connectivity index (χ2n) is 7.89. The van der Waals surface area contributed by atoms with Crippen molar-refractivity contribution in [2.45, 2.75) is 26.1 Å². The molecule has 6 nitrogen and oxygen atoms in total. The topological polar surface area (TPSA) is 67.8 Å². The number of anilines is 1. The van der Waals surface area contributed by atoms with Crippen LogP contribution in [0.3, 0.4) is 0 Å². The van der Waals surface area contributed by atoms with Crippen molar-refractivity contribution >= 4 is 50.8 Å². The molecule has 0 fully saturated rings. The number of thiazole rings is 1. The molecular weight excluding hydrogens is 509 g/mol. The van der Waals surface area contributed by atoms with Crippen molar-refractivity contribution in [2.75, 3.05) is 5.32 Å². The molecule has 2 N–H and O–H groups in total. The highest BCUT2D eigenvalue weighted by Crippen LogP contribution is 2.33. The summed E-state index contributed by atoms with van der Waals surface area (Å²) in [7, 11) is 0. The first-order chi connectivity index (χ1) is 17.2. The summed E-state index contributed by atoms with van der Waals surface area (Å²) in [4.78, 5) is 4.44. The van der Waals surface area contributed by atoms with Gasteiger partial charge in [-0.2, -0.15) is 5.10 Å². The molecule has 36 heavy (non-hydrogen) atoms. The SMILES string of the molecule is CC(C)c1ccccc1NC(=S)N/N=C/c1ccc2sc(Oc3ccc(OC(F)(F)F)cc3)nc2c1. The number of nitrogens with zero attached hydrogens (tertiary/aromatic N) is 2. The van der Waals surface area contributed by atoms with Crippen molar-refractivity contribution in [2.24, 2.45) is 5.10 Å². The summed E-state index contributed by atoms with van der Waals surface area (Å²) in [6, 6.07) is 18.7. The zero-order valence-corrected chi connectivity index (χ0v) is 20.8. The van der Waals surface area contributed by atoms with E-state index in [0.717, 1.165) is 21.5 Å². The van der Waals surface area contributed by atoms with Gasteiger partial charge in [0, 0.05) is 5.69 Å². The molecule has 1 aromatic heterocycles. The van der Waals surface area contributed by atoms with Gasteiger partial charge < -0.3 is 14.8 Å². The minimum atomic E-state index is -4.74. The Balaban J connectivity index is 1.37. The van der Waals surface area contributed by atoms with E-state index in [1.54, 1.807) is 6.21 Å². The van der Waals surface area contributed by atoms with Crippen LogP contribution >= 0.6 is 23.6 Å². The number of para-hydroxylation sites is 1. The van der Waals surface area contributed by atoms with Crippen molar-refractivity contribution in [3.05, 3.63) is 77.9 Å². The van der Waals surface area contributed by atoms with Crippen LogP contribution < -0.4 is 20.2 Å². The Morgan fingerprint density at radius 2 is 1.78 bits per heavy atom. The lowest BCUT2D eigenvalue weighted by Crippen LogP contribution is -2.24. The zero-order valence-electron chi connectivity index (χ0n) is 19.2. The number of alkyl halides is 3. The first kappa shape index (κ1) is 25.4. The van der Waals surface area contributed by atoms with Crippen molar-refractivity contribution in [1.82, 2.24) is 10.4 Å². The summed E-state index contributed by atoms with van der Waals surface area (Å²) < 4.78 is 47.3. The fourth-order valence-electron chi connectivity index (χ4n) is 3.29. The van der Waals surface area contributed by atoms with Gasteiger partial charge in [0.2, 0.25) is 0 Å². The second kappa shape index (κ2) is 10.9. The van der Waals surface area contributed by atoms with E-state index >= 15 is 0 Å². The molecule has 0 saturated carbocycles. The van der Waals surface area contributed by atoms with Crippen LogP contribution in [0.15, 0.2) is 71.8 Å². The highest BCUT2D eigenvalue weighted by Gasteiger charge is 2.31. The van der Waals surface area contributed by atoms with E-state index in [1.807, 2.05) is 36.4 Å². The molecular formula is C25H21F3N4O2S2. The van der Waals surface area contributed by atoms with E-state index in [4.69, 9.17) is 17.0 Å². The van der Waals surface area contributed by atoms with Crippen LogP contribution in [0, 0.1) is 0 Å². The van der Waals surface area contributed by atoms with Crippen LogP contribution in [-0.2, 0) is 0 Å². The molecule has 1 heterocycles. The number of hydrazone groups is 1. The number of fused-ring (bicyclic) bond motifs is 1. The Morgan fingerprint density at radius 1 is 1.06 bits per heavy atom. The maximum Gasteiger partial charge on any atom is 0.573 e. The van der Waals surface area contributed by atoms with Gasteiger partial charge in [0.05, 0.1) is 16.4 Å². The average molecular weight is 531 g/mol. The number of hydrogen-bond acceptors (Lipinski definition) is 6. The molecule has 0 amide bonds. The zero-order chi connectivity index (χ0) is 25.7. The fourth-order valence-corrected chi connectivity index (χ4v) is 4.27. The molecule has 0 aliphatic heterocycles. The van der Waals surface area contributed by atoms with Crippen molar-refractivity contribution in [3.63, 3.8) is 0 Å². The molecule has 0 atom stereocenters. The van der Waals surface area contributed by atoms with Gasteiger partial charge in [0.15, 0.2) is 5.11 Å². The van der Waals surface area contributed by atoms with E-state index < -0.39 is 6.36 Å². The first-order valence-electron chi connectivity index (χ1n) is 10.8. The number of rotatable bonds is 7. The summed E-state index contributed by atoms with van der Waals surface area (Å²) >= 11 is 6.66. The van der Waals surface area contributed by atoms with Gasteiger partial charge in [-0.3, -0.25) is 5.43 Å². The Labute approximate surface area is 214 Å². The Hall–Kier alpha value is -3.70. The third kappa shape index (κ3) is 6.92. The van der Waals surface area contributed by atoms with E-state index in [1.165, 1.54) is 35.6 Å². The van der Waals surface area contributed by atoms with Gasteiger partial charge in [-0.15, -0.1) is 13.2 Å². The van der Waals surface area contributed by atoms with Crippen molar-refractivity contribution in [1.29, 1.82) is 0 Å². The molecule has 3 aromatic carbocycles. The van der Waals surface area contributed by atoms with Gasteiger partial charge >= 0.3 is 6.36 Å². The minimum Gasteiger partial charge on any atom is -0.431 e. The Morgan fingerprint density at radius 3 is 2.50 bits per heavy atom. The largest absolute Gasteiger partial charge is 0.573 e. The van der Waals surface area contributed by atoms with E-state index in [2.05, 4.69) is 45.5 Å². The molecule has 0 spiro atoms. The number of halogens is 3. The molecule has 0 unspecified atom stereocenters. The van der Waals surface area contributed by atoms with Gasteiger partial charge in [0.25, 0.3) is 5.19 Å². The van der Waals surface area contributed by atoms with Crippen LogP contribution in [0.4, 0.5) is 18.9 Å². The smallest absolute Gasteiger partial charge is 0.431 e. The molecule has 0 saturated heterocycles. The second-order valence-corrected chi connectivity index (χ2v) is 9.30. The molecule has 0 bridgehead atoms. The average Bonchev–Trinajstić information content (AvgIpc) is 3.21. The number of thiocarbonyl (C=S) groups is 1. The fraction of sp³-hybridized carbons (Fsp3) is 0.160. The monoisotopic (exact) mass is 530 g/mol. The lowest BCUT2D eigenvalue weighted by Gasteiger charge is -2.14. The summed E-state index contributed by atoms with van der Waals surface area (Å²) in [5.74, 6) is 0.367. The predicted molar refractivity (Wildman–Crippen MR) is 140 cm³/mol. The Kier molecular flexibility index (Phi) is 7.70. The van der Waals surface area contributed by atoms with Gasteiger partial charge in [-0.05, 0) is 71.7 Å². The summed E-state index contributed by atoms with van der Waals surface area (Å²) in [5.41, 5.74) is 6.40. The molecule has 11 heteroatoms. The lowest BCUT2D eigenvalue weighted by molar-refractivity contribution is -0.274. The minimum absolute atomic E-state index is 0.324. The molecule has 0 aliphatic carbocycles. The third-order valence-electron chi connectivity index (χ3n) is 4.87. The number of hydrogen-bond donors (Lipinski definition) is 2. The predicted octanol–water partition coefficient (Wildman–Crippen LogP) is 7.43. The highest BCUT2D eigenvalue weighted by atomic mass is 32.1. The maximum atomic E-state index is 12.3. The van der Waals surface area contributed by atoms with Gasteiger partial charge in [0.1, 0.15) is 11.5 Å². The van der Waals surface area contributed by atoms with E-state index in [-0.39, 0.29) is 5.75 Å². The van der Waals surface area contributed by atoms with Crippen LogP contribution in [0.1, 0.15) is 30.9 Å². The van der Waals surface area contributed by atoms with Crippen LogP contribution in [-0.4, -0.2) is 22.7 Å². The van der Waals surface area contributed by atoms with Crippen molar-refractivity contribution < 1.29 is 22.6 Å². The van der Waals surface area contributed by atoms with Crippen LogP contribution in [0.5, 0.6) is 16.7 Å². The quantitative estimate of drug-likeness (QED) is 0.147. The van der Waals surface area contributed by atoms with Crippen LogP contribution in [0.2, 0.25) is 0 Å². The van der Waals surface area contributed by atoms with E-state index in [0.29, 0.717) is 27.5 Å². The maximum absolute atomic E-state index is 12.3. The molecule has 4 aromatic rings. The lowest BCUT2D eigenvalue weighted by atomic mass is 10.0. The number of benzene rings is 3. The molecule has 186 valence electrons. The summed E-state index contributed by atoms with van der Waals surface area (Å²) in [6.07, 6.45) is -3.12. The van der Waals surface area contributed by atoms with E-state index in [9.17, 15) is 13.2 Å².